The Morgan fingerprint density at radius 2 is 2.50 bits per heavy atom. The maximum atomic E-state index is 4.32. The van der Waals surface area contributed by atoms with E-state index >= 15 is 0 Å². The average Bonchev–Trinajstić information content (AvgIpc) is 2.47. The van der Waals surface area contributed by atoms with E-state index in [1.165, 1.54) is 5.69 Å². The Morgan fingerprint density at radius 1 is 1.75 bits per heavy atom. The van der Waals surface area contributed by atoms with Gasteiger partial charge in [0.15, 0.2) is 0 Å². The van der Waals surface area contributed by atoms with Crippen LogP contribution in [0.2, 0.25) is 0 Å². The summed E-state index contributed by atoms with van der Waals surface area (Å²) in [4.78, 5) is 0. The second-order valence-corrected chi connectivity index (χ2v) is 3.54. The van der Waals surface area contributed by atoms with Gasteiger partial charge in [0, 0.05) is 12.1 Å². The van der Waals surface area contributed by atoms with Gasteiger partial charge in [-0.15, -0.1) is 0 Å². The number of aromatic nitrogens is 2. The first-order valence-corrected chi connectivity index (χ1v) is 4.71. The second-order valence-electron chi connectivity index (χ2n) is 3.01. The number of nitrogens with one attached hydrogen (secondary N) is 1. The van der Waals surface area contributed by atoms with Gasteiger partial charge in [-0.2, -0.15) is 5.10 Å². The summed E-state index contributed by atoms with van der Waals surface area (Å²) in [6, 6.07) is 2.06. The van der Waals surface area contributed by atoms with Crippen LogP contribution in [0.1, 0.15) is 25.0 Å². The highest BCUT2D eigenvalue weighted by Gasteiger charge is 2.06. The second kappa shape index (κ2) is 4.58. The van der Waals surface area contributed by atoms with Gasteiger partial charge in [-0.25, -0.2) is 0 Å². The number of hydrogen-bond donors (Lipinski definition) is 1. The smallest absolute Gasteiger partial charge is 0.0656 e. The lowest BCUT2D eigenvalue weighted by atomic mass is 10.0. The van der Waals surface area contributed by atoms with E-state index in [9.17, 15) is 0 Å². The summed E-state index contributed by atoms with van der Waals surface area (Å²) in [5.74, 6) is 0.541. The molecule has 2 atom stereocenters. The number of nitrogens with zero attached hydrogens (tertiary/aromatic N) is 2. The Balaban J connectivity index is 2.47. The van der Waals surface area contributed by atoms with Crippen molar-refractivity contribution in [1.29, 1.82) is 0 Å². The van der Waals surface area contributed by atoms with Crippen LogP contribution in [-0.4, -0.2) is 23.1 Å². The van der Waals surface area contributed by atoms with E-state index in [4.69, 9.17) is 0 Å². The highest BCUT2D eigenvalue weighted by Crippen LogP contribution is 2.16. The van der Waals surface area contributed by atoms with Gasteiger partial charge < -0.3 is 5.32 Å². The molecule has 0 aliphatic heterocycles. The summed E-state index contributed by atoms with van der Waals surface area (Å²) in [6.45, 7) is 3.25. The Hall–Kier alpha value is -0.400. The van der Waals surface area contributed by atoms with Gasteiger partial charge >= 0.3 is 0 Å². The highest BCUT2D eigenvalue weighted by molar-refractivity contribution is 7.14. The molecule has 1 heterocycles. The van der Waals surface area contributed by atoms with E-state index in [1.807, 2.05) is 13.2 Å². The minimum atomic E-state index is 0.541. The van der Waals surface area contributed by atoms with Crippen molar-refractivity contribution >= 4 is 9.39 Å². The normalized spacial score (nSPS) is 13.2. The molecule has 0 aliphatic carbocycles. The van der Waals surface area contributed by atoms with Crippen molar-refractivity contribution in [3.8, 4) is 0 Å². The SMILES string of the molecule is CNCCC(C)c1ccn(P)n1. The third kappa shape index (κ3) is 2.58. The zero-order chi connectivity index (χ0) is 8.97. The molecule has 1 rings (SSSR count). The molecule has 2 unspecified atom stereocenters. The van der Waals surface area contributed by atoms with E-state index in [-0.39, 0.29) is 0 Å². The first-order valence-electron chi connectivity index (χ1n) is 4.19. The van der Waals surface area contributed by atoms with E-state index in [0.29, 0.717) is 5.92 Å². The lowest BCUT2D eigenvalue weighted by Crippen LogP contribution is -2.10. The summed E-state index contributed by atoms with van der Waals surface area (Å²) >= 11 is 0. The fourth-order valence-corrected chi connectivity index (χ4v) is 1.34. The monoisotopic (exact) mass is 185 g/mol. The van der Waals surface area contributed by atoms with Gasteiger partial charge in [-0.3, -0.25) is 4.45 Å². The van der Waals surface area contributed by atoms with Crippen molar-refractivity contribution in [3.63, 3.8) is 0 Å². The van der Waals surface area contributed by atoms with Gasteiger partial charge in [0.2, 0.25) is 0 Å². The van der Waals surface area contributed by atoms with Crippen LogP contribution in [0.5, 0.6) is 0 Å². The van der Waals surface area contributed by atoms with Crippen LogP contribution in [0.25, 0.3) is 0 Å². The predicted octanol–water partition coefficient (Wildman–Crippen LogP) is 1.23. The van der Waals surface area contributed by atoms with Crippen molar-refractivity contribution in [2.45, 2.75) is 19.3 Å². The average molecular weight is 185 g/mol. The number of hydrogen-bond acceptors (Lipinski definition) is 2. The molecular weight excluding hydrogens is 169 g/mol. The summed E-state index contributed by atoms with van der Waals surface area (Å²) in [6.07, 6.45) is 3.09. The molecule has 0 radical (unpaired) electrons. The largest absolute Gasteiger partial charge is 0.320 e. The summed E-state index contributed by atoms with van der Waals surface area (Å²) in [5.41, 5.74) is 1.17. The molecule has 68 valence electrons. The van der Waals surface area contributed by atoms with E-state index in [2.05, 4.69) is 32.8 Å². The Labute approximate surface area is 75.8 Å². The lowest BCUT2D eigenvalue weighted by molar-refractivity contribution is 0.620. The topological polar surface area (TPSA) is 29.9 Å². The van der Waals surface area contributed by atoms with Crippen molar-refractivity contribution in [2.75, 3.05) is 13.6 Å². The fraction of sp³-hybridized carbons (Fsp3) is 0.625. The van der Waals surface area contributed by atoms with E-state index < -0.39 is 0 Å². The lowest BCUT2D eigenvalue weighted by Gasteiger charge is -2.06. The molecule has 0 amide bonds. The zero-order valence-corrected chi connectivity index (χ0v) is 8.77. The Kier molecular flexibility index (Phi) is 3.70. The van der Waals surface area contributed by atoms with Crippen LogP contribution in [0.15, 0.2) is 12.3 Å². The molecule has 12 heavy (non-hydrogen) atoms. The molecule has 0 saturated heterocycles. The predicted molar refractivity (Wildman–Crippen MR) is 54.3 cm³/mol. The van der Waals surface area contributed by atoms with Crippen LogP contribution in [0.4, 0.5) is 0 Å². The van der Waals surface area contributed by atoms with Gasteiger partial charge in [0.1, 0.15) is 0 Å². The van der Waals surface area contributed by atoms with Crippen LogP contribution in [0, 0.1) is 0 Å². The highest BCUT2D eigenvalue weighted by atomic mass is 31.0. The number of rotatable bonds is 4. The first kappa shape index (κ1) is 9.69. The minimum Gasteiger partial charge on any atom is -0.320 e. The minimum absolute atomic E-state index is 0.541. The third-order valence-electron chi connectivity index (χ3n) is 1.96. The molecule has 1 N–H and O–H groups in total. The van der Waals surface area contributed by atoms with Gasteiger partial charge in [-0.05, 0) is 35.5 Å². The fourth-order valence-electron chi connectivity index (χ4n) is 1.12. The molecule has 0 fully saturated rings. The summed E-state index contributed by atoms with van der Waals surface area (Å²) < 4.78 is 1.77. The molecule has 4 heteroatoms. The molecule has 0 aliphatic rings. The molecule has 0 aromatic carbocycles. The molecule has 1 aromatic heterocycles. The quantitative estimate of drug-likeness (QED) is 0.715. The molecule has 0 bridgehead atoms. The molecule has 0 saturated carbocycles. The van der Waals surface area contributed by atoms with E-state index in [0.717, 1.165) is 13.0 Å². The molecule has 1 aromatic rings. The first-order chi connectivity index (χ1) is 5.74. The van der Waals surface area contributed by atoms with E-state index in [1.54, 1.807) is 4.45 Å². The standard InChI is InChI=1S/C8H16N3P/c1-7(3-5-9-2)8-4-6-11(12)10-8/h4,6-7,9H,3,5,12H2,1-2H3. The maximum Gasteiger partial charge on any atom is 0.0656 e. The van der Waals surface area contributed by atoms with Crippen LogP contribution < -0.4 is 5.32 Å². The van der Waals surface area contributed by atoms with Crippen molar-refractivity contribution < 1.29 is 0 Å². The van der Waals surface area contributed by atoms with Gasteiger partial charge in [0.05, 0.1) is 5.69 Å². The maximum absolute atomic E-state index is 4.32. The van der Waals surface area contributed by atoms with Gasteiger partial charge in [0.25, 0.3) is 0 Å². The zero-order valence-electron chi connectivity index (χ0n) is 7.62. The Bertz CT molecular complexity index is 234. The summed E-state index contributed by atoms with van der Waals surface area (Å²) in [5, 5.41) is 7.45. The molecule has 3 nitrogen and oxygen atoms in total. The van der Waals surface area contributed by atoms with Crippen LogP contribution in [0.3, 0.4) is 0 Å². The van der Waals surface area contributed by atoms with Gasteiger partial charge in [-0.1, -0.05) is 6.92 Å². The molecule has 0 spiro atoms. The van der Waals surface area contributed by atoms with Crippen LogP contribution in [-0.2, 0) is 0 Å². The van der Waals surface area contributed by atoms with Crippen LogP contribution >= 0.6 is 9.39 Å². The third-order valence-corrected chi connectivity index (χ3v) is 2.25. The van der Waals surface area contributed by atoms with Crippen molar-refractivity contribution in [3.05, 3.63) is 18.0 Å². The van der Waals surface area contributed by atoms with Crippen molar-refractivity contribution in [1.82, 2.24) is 14.9 Å². The Morgan fingerprint density at radius 3 is 3.00 bits per heavy atom. The van der Waals surface area contributed by atoms with Crippen molar-refractivity contribution in [2.24, 2.45) is 0 Å². The summed E-state index contributed by atoms with van der Waals surface area (Å²) in [7, 11) is 4.51. The molecular formula is C8H16N3P.